The number of fused-ring (bicyclic) bond motifs is 1. The second kappa shape index (κ2) is 8.78. The van der Waals surface area contributed by atoms with Crippen molar-refractivity contribution in [3.63, 3.8) is 0 Å². The summed E-state index contributed by atoms with van der Waals surface area (Å²) in [6.07, 6.45) is 2.56. The van der Waals surface area contributed by atoms with E-state index >= 15 is 0 Å². The highest BCUT2D eigenvalue weighted by Crippen LogP contribution is 2.40. The van der Waals surface area contributed by atoms with Gasteiger partial charge in [0.05, 0.1) is 12.5 Å². The third-order valence-electron chi connectivity index (χ3n) is 5.00. The maximum atomic E-state index is 12.7. The van der Waals surface area contributed by atoms with E-state index in [0.29, 0.717) is 23.7 Å². The maximum Gasteiger partial charge on any atom is 0.227 e. The molecule has 0 radical (unpaired) electrons. The van der Waals surface area contributed by atoms with Gasteiger partial charge >= 0.3 is 0 Å². The summed E-state index contributed by atoms with van der Waals surface area (Å²) < 4.78 is 5.73. The monoisotopic (exact) mass is 402 g/mol. The Labute approximate surface area is 174 Å². The van der Waals surface area contributed by atoms with Gasteiger partial charge in [-0.25, -0.2) is 4.98 Å². The summed E-state index contributed by atoms with van der Waals surface area (Å²) in [6, 6.07) is 16.6. The highest BCUT2D eigenvalue weighted by molar-refractivity contribution is 5.98. The van der Waals surface area contributed by atoms with E-state index in [0.717, 1.165) is 29.9 Å². The molecule has 2 amide bonds. The normalized spacial score (nSPS) is 13.0. The van der Waals surface area contributed by atoms with Crippen molar-refractivity contribution in [3.8, 4) is 6.07 Å². The molecule has 0 saturated heterocycles. The minimum absolute atomic E-state index is 0.0545. The van der Waals surface area contributed by atoms with Gasteiger partial charge in [-0.3, -0.25) is 9.59 Å². The molecule has 7 nitrogen and oxygen atoms in total. The van der Waals surface area contributed by atoms with Crippen LogP contribution in [-0.4, -0.2) is 23.3 Å². The van der Waals surface area contributed by atoms with E-state index in [-0.39, 0.29) is 31.1 Å². The summed E-state index contributed by atoms with van der Waals surface area (Å²) in [6.45, 7) is 0.299. The fraction of sp³-hybridized carbons (Fsp3) is 0.304. The number of carbonyl (C=O) groups is 2. The summed E-state index contributed by atoms with van der Waals surface area (Å²) in [7, 11) is 0. The summed E-state index contributed by atoms with van der Waals surface area (Å²) >= 11 is 0. The molecular formula is C23H22N4O3. The van der Waals surface area contributed by atoms with Crippen LogP contribution in [0.1, 0.15) is 43.9 Å². The Hall–Kier alpha value is -3.66. The first-order chi connectivity index (χ1) is 14.6. The van der Waals surface area contributed by atoms with Crippen molar-refractivity contribution in [2.75, 3.05) is 16.8 Å². The Kier molecular flexibility index (Phi) is 5.75. The molecule has 1 fully saturated rings. The number of rotatable bonds is 8. The third-order valence-corrected chi connectivity index (χ3v) is 5.00. The topological polar surface area (TPSA) is 99.2 Å². The summed E-state index contributed by atoms with van der Waals surface area (Å²) in [5, 5.41) is 11.7. The largest absolute Gasteiger partial charge is 0.440 e. The van der Waals surface area contributed by atoms with E-state index < -0.39 is 0 Å². The van der Waals surface area contributed by atoms with Crippen LogP contribution in [0.2, 0.25) is 0 Å². The van der Waals surface area contributed by atoms with Gasteiger partial charge < -0.3 is 14.6 Å². The van der Waals surface area contributed by atoms with Gasteiger partial charge in [-0.15, -0.1) is 0 Å². The standard InChI is InChI=1S/C23H22N4O3/c24-13-4-14-27(18-5-2-1-3-6-18)22(29)12-11-21(28)25-17-9-10-20-19(15-17)26-23(30-20)16-7-8-16/h1-3,5-6,9-10,15-16H,4,7-8,11-12,14H2,(H,25,28). The molecule has 0 atom stereocenters. The maximum absolute atomic E-state index is 12.7. The van der Waals surface area contributed by atoms with Crippen LogP contribution in [0.4, 0.5) is 11.4 Å². The lowest BCUT2D eigenvalue weighted by atomic mass is 10.2. The number of hydrogen-bond donors (Lipinski definition) is 1. The zero-order valence-corrected chi connectivity index (χ0v) is 16.5. The molecule has 0 unspecified atom stereocenters. The van der Waals surface area contributed by atoms with Gasteiger partial charge in [-0.1, -0.05) is 18.2 Å². The van der Waals surface area contributed by atoms with Crippen molar-refractivity contribution in [2.24, 2.45) is 0 Å². The molecule has 0 bridgehead atoms. The van der Waals surface area contributed by atoms with Crippen molar-refractivity contribution in [1.29, 1.82) is 5.26 Å². The number of para-hydroxylation sites is 1. The smallest absolute Gasteiger partial charge is 0.227 e. The number of anilines is 2. The van der Waals surface area contributed by atoms with E-state index in [9.17, 15) is 9.59 Å². The number of hydrogen-bond acceptors (Lipinski definition) is 5. The van der Waals surface area contributed by atoms with Crippen molar-refractivity contribution in [3.05, 3.63) is 54.4 Å². The summed E-state index contributed by atoms with van der Waals surface area (Å²) in [4.78, 5) is 31.1. The number of nitriles is 1. The Morgan fingerprint density at radius 2 is 1.97 bits per heavy atom. The molecule has 1 saturated carbocycles. The Bertz CT molecular complexity index is 1100. The van der Waals surface area contributed by atoms with Crippen LogP contribution in [0.5, 0.6) is 0 Å². The first-order valence-corrected chi connectivity index (χ1v) is 10.1. The number of oxazole rings is 1. The molecule has 7 heteroatoms. The summed E-state index contributed by atoms with van der Waals surface area (Å²) in [5.41, 5.74) is 2.78. The number of benzene rings is 2. The number of amides is 2. The molecule has 3 aromatic rings. The van der Waals surface area contributed by atoms with Crippen LogP contribution in [0.15, 0.2) is 52.9 Å². The van der Waals surface area contributed by atoms with Crippen LogP contribution < -0.4 is 10.2 Å². The Morgan fingerprint density at radius 1 is 1.17 bits per heavy atom. The lowest BCUT2D eigenvalue weighted by Crippen LogP contribution is -2.32. The predicted octanol–water partition coefficient (Wildman–Crippen LogP) is 4.37. The zero-order valence-electron chi connectivity index (χ0n) is 16.5. The fourth-order valence-electron chi connectivity index (χ4n) is 3.27. The van der Waals surface area contributed by atoms with Gasteiger partial charge in [0, 0.05) is 36.7 Å². The number of carbonyl (C=O) groups excluding carboxylic acids is 2. The first kappa shape index (κ1) is 19.6. The van der Waals surface area contributed by atoms with Gasteiger partial charge in [-0.05, 0) is 43.2 Å². The zero-order chi connectivity index (χ0) is 20.9. The highest BCUT2D eigenvalue weighted by atomic mass is 16.3. The van der Waals surface area contributed by atoms with Crippen molar-refractivity contribution in [1.82, 2.24) is 4.98 Å². The van der Waals surface area contributed by atoms with E-state index in [1.165, 1.54) is 0 Å². The van der Waals surface area contributed by atoms with Crippen molar-refractivity contribution >= 4 is 34.3 Å². The van der Waals surface area contributed by atoms with Crippen LogP contribution >= 0.6 is 0 Å². The van der Waals surface area contributed by atoms with Crippen LogP contribution in [0.25, 0.3) is 11.1 Å². The minimum Gasteiger partial charge on any atom is -0.440 e. The molecule has 30 heavy (non-hydrogen) atoms. The lowest BCUT2D eigenvalue weighted by Gasteiger charge is -2.21. The highest BCUT2D eigenvalue weighted by Gasteiger charge is 2.28. The third kappa shape index (κ3) is 4.66. The molecule has 1 aliphatic rings. The average Bonchev–Trinajstić information content (AvgIpc) is 3.52. The molecule has 0 spiro atoms. The Balaban J connectivity index is 1.35. The molecule has 1 aromatic heterocycles. The second-order valence-electron chi connectivity index (χ2n) is 7.35. The Morgan fingerprint density at radius 3 is 2.70 bits per heavy atom. The molecule has 1 aliphatic carbocycles. The van der Waals surface area contributed by atoms with Crippen molar-refractivity contribution < 1.29 is 14.0 Å². The van der Waals surface area contributed by atoms with Gasteiger partial charge in [-0.2, -0.15) is 5.26 Å². The molecule has 4 rings (SSSR count). The first-order valence-electron chi connectivity index (χ1n) is 10.1. The van der Waals surface area contributed by atoms with Crippen LogP contribution in [-0.2, 0) is 9.59 Å². The molecule has 1 heterocycles. The van der Waals surface area contributed by atoms with Gasteiger partial charge in [0.25, 0.3) is 0 Å². The number of nitrogens with zero attached hydrogens (tertiary/aromatic N) is 3. The molecule has 2 aromatic carbocycles. The molecule has 1 N–H and O–H groups in total. The SMILES string of the molecule is N#CCCN(C(=O)CCC(=O)Nc1ccc2oc(C3CC3)nc2c1)c1ccccc1. The van der Waals surface area contributed by atoms with E-state index in [4.69, 9.17) is 9.68 Å². The summed E-state index contributed by atoms with van der Waals surface area (Å²) in [5.74, 6) is 0.752. The fourth-order valence-corrected chi connectivity index (χ4v) is 3.27. The second-order valence-corrected chi connectivity index (χ2v) is 7.35. The van der Waals surface area contributed by atoms with Crippen LogP contribution in [0, 0.1) is 11.3 Å². The lowest BCUT2D eigenvalue weighted by molar-refractivity contribution is -0.122. The van der Waals surface area contributed by atoms with E-state index in [1.54, 1.807) is 23.1 Å². The average molecular weight is 402 g/mol. The van der Waals surface area contributed by atoms with Crippen molar-refractivity contribution in [2.45, 2.75) is 38.0 Å². The quantitative estimate of drug-likeness (QED) is 0.603. The number of aromatic nitrogens is 1. The number of nitrogens with one attached hydrogen (secondary N) is 1. The van der Waals surface area contributed by atoms with Gasteiger partial charge in [0.2, 0.25) is 11.8 Å². The predicted molar refractivity (Wildman–Crippen MR) is 113 cm³/mol. The molecule has 0 aliphatic heterocycles. The minimum atomic E-state index is -0.248. The molecule has 152 valence electrons. The van der Waals surface area contributed by atoms with E-state index in [1.807, 2.05) is 30.3 Å². The van der Waals surface area contributed by atoms with Crippen LogP contribution in [0.3, 0.4) is 0 Å². The van der Waals surface area contributed by atoms with E-state index in [2.05, 4.69) is 16.4 Å². The molecular weight excluding hydrogens is 380 g/mol. The van der Waals surface area contributed by atoms with Gasteiger partial charge in [0.15, 0.2) is 11.5 Å². The van der Waals surface area contributed by atoms with Gasteiger partial charge in [0.1, 0.15) is 5.52 Å².